The second-order valence-corrected chi connectivity index (χ2v) is 5.97. The van der Waals surface area contributed by atoms with Gasteiger partial charge in [0.1, 0.15) is 0 Å². The number of likely N-dealkylation sites (N-methyl/N-ethyl adjacent to an activating group) is 1. The first kappa shape index (κ1) is 15.0. The van der Waals surface area contributed by atoms with Gasteiger partial charge < -0.3 is 15.5 Å². The van der Waals surface area contributed by atoms with Gasteiger partial charge in [-0.25, -0.2) is 0 Å². The first-order valence-electron chi connectivity index (χ1n) is 7.28. The van der Waals surface area contributed by atoms with Crippen molar-refractivity contribution in [3.8, 4) is 0 Å². The van der Waals surface area contributed by atoms with Crippen LogP contribution in [0.3, 0.4) is 0 Å². The van der Waals surface area contributed by atoms with E-state index in [4.69, 9.17) is 0 Å². The molecule has 0 aromatic heterocycles. The van der Waals surface area contributed by atoms with Gasteiger partial charge in [-0.05, 0) is 33.0 Å². The smallest absolute Gasteiger partial charge is 0.234 e. The lowest BCUT2D eigenvalue weighted by molar-refractivity contribution is -0.120. The zero-order chi connectivity index (χ0) is 14.5. The van der Waals surface area contributed by atoms with E-state index in [9.17, 15) is 4.79 Å². The standard InChI is InChI=1S/C16H25N3O/c1-12(11-19(2)3)18-16(20)10-17-15-9-14(15)13-7-5-4-6-8-13/h4-8,12,14-15,17H,9-11H2,1-3H3,(H,18,20). The summed E-state index contributed by atoms with van der Waals surface area (Å²) in [5.74, 6) is 0.654. The number of hydrogen-bond acceptors (Lipinski definition) is 3. The average Bonchev–Trinajstić information content (AvgIpc) is 3.16. The van der Waals surface area contributed by atoms with Crippen LogP contribution in [0.25, 0.3) is 0 Å². The van der Waals surface area contributed by atoms with Crippen LogP contribution in [0.15, 0.2) is 30.3 Å². The molecule has 1 amide bonds. The number of hydrogen-bond donors (Lipinski definition) is 2. The Labute approximate surface area is 121 Å². The molecule has 20 heavy (non-hydrogen) atoms. The molecule has 1 fully saturated rings. The SMILES string of the molecule is CC(CN(C)C)NC(=O)CNC1CC1c1ccccc1. The fraction of sp³-hybridized carbons (Fsp3) is 0.562. The van der Waals surface area contributed by atoms with Crippen molar-refractivity contribution in [3.63, 3.8) is 0 Å². The van der Waals surface area contributed by atoms with E-state index < -0.39 is 0 Å². The maximum atomic E-state index is 11.8. The molecular formula is C16H25N3O. The third-order valence-electron chi connectivity index (χ3n) is 3.59. The lowest BCUT2D eigenvalue weighted by atomic mass is 10.1. The van der Waals surface area contributed by atoms with E-state index in [2.05, 4.69) is 39.8 Å². The van der Waals surface area contributed by atoms with Gasteiger partial charge in [0.25, 0.3) is 0 Å². The highest BCUT2D eigenvalue weighted by Crippen LogP contribution is 2.40. The molecule has 1 aliphatic rings. The molecule has 2 N–H and O–H groups in total. The first-order chi connectivity index (χ1) is 9.56. The summed E-state index contributed by atoms with van der Waals surface area (Å²) in [6, 6.07) is 11.1. The van der Waals surface area contributed by atoms with E-state index in [0.29, 0.717) is 18.5 Å². The molecule has 4 heteroatoms. The molecule has 110 valence electrons. The summed E-state index contributed by atoms with van der Waals surface area (Å²) in [7, 11) is 4.02. The number of benzene rings is 1. The van der Waals surface area contributed by atoms with Gasteiger partial charge in [0, 0.05) is 24.5 Å². The number of carbonyl (C=O) groups is 1. The molecule has 4 nitrogen and oxygen atoms in total. The van der Waals surface area contributed by atoms with Crippen molar-refractivity contribution < 1.29 is 4.79 Å². The van der Waals surface area contributed by atoms with Crippen molar-refractivity contribution in [3.05, 3.63) is 35.9 Å². The minimum atomic E-state index is 0.0815. The molecule has 0 saturated heterocycles. The third-order valence-corrected chi connectivity index (χ3v) is 3.59. The highest BCUT2D eigenvalue weighted by atomic mass is 16.2. The molecule has 0 radical (unpaired) electrons. The number of carbonyl (C=O) groups excluding carboxylic acids is 1. The van der Waals surface area contributed by atoms with Crippen LogP contribution in [0.1, 0.15) is 24.8 Å². The molecule has 0 spiro atoms. The first-order valence-corrected chi connectivity index (χ1v) is 7.28. The Hall–Kier alpha value is -1.39. The Bertz CT molecular complexity index is 433. The van der Waals surface area contributed by atoms with Gasteiger partial charge in [-0.15, -0.1) is 0 Å². The fourth-order valence-corrected chi connectivity index (χ4v) is 2.63. The predicted molar refractivity (Wildman–Crippen MR) is 81.7 cm³/mol. The van der Waals surface area contributed by atoms with Crippen LogP contribution in [0.2, 0.25) is 0 Å². The van der Waals surface area contributed by atoms with Crippen LogP contribution in [-0.2, 0) is 4.79 Å². The van der Waals surface area contributed by atoms with E-state index in [0.717, 1.165) is 13.0 Å². The quantitative estimate of drug-likeness (QED) is 0.786. The topological polar surface area (TPSA) is 44.4 Å². The summed E-state index contributed by atoms with van der Waals surface area (Å²) in [5.41, 5.74) is 1.37. The zero-order valence-electron chi connectivity index (χ0n) is 12.6. The van der Waals surface area contributed by atoms with E-state index >= 15 is 0 Å². The summed E-state index contributed by atoms with van der Waals surface area (Å²) in [5, 5.41) is 6.34. The molecule has 2 rings (SSSR count). The van der Waals surface area contributed by atoms with E-state index in [1.807, 2.05) is 27.1 Å². The Balaban J connectivity index is 1.66. The minimum absolute atomic E-state index is 0.0815. The highest BCUT2D eigenvalue weighted by Gasteiger charge is 2.37. The van der Waals surface area contributed by atoms with Crippen LogP contribution >= 0.6 is 0 Å². The van der Waals surface area contributed by atoms with Crippen molar-refractivity contribution in [2.45, 2.75) is 31.3 Å². The van der Waals surface area contributed by atoms with Crippen LogP contribution < -0.4 is 10.6 Å². The lowest BCUT2D eigenvalue weighted by Gasteiger charge is -2.18. The normalized spacial score (nSPS) is 22.6. The lowest BCUT2D eigenvalue weighted by Crippen LogP contribution is -2.43. The molecule has 1 aromatic carbocycles. The van der Waals surface area contributed by atoms with Crippen molar-refractivity contribution in [2.75, 3.05) is 27.2 Å². The average molecular weight is 275 g/mol. The Morgan fingerprint density at radius 3 is 2.70 bits per heavy atom. The van der Waals surface area contributed by atoms with Gasteiger partial charge in [0.05, 0.1) is 6.54 Å². The summed E-state index contributed by atoms with van der Waals surface area (Å²) in [6.45, 7) is 3.30. The van der Waals surface area contributed by atoms with Gasteiger partial charge in [-0.2, -0.15) is 0 Å². The van der Waals surface area contributed by atoms with Gasteiger partial charge in [-0.3, -0.25) is 4.79 Å². The molecule has 1 aliphatic carbocycles. The van der Waals surface area contributed by atoms with Gasteiger partial charge in [0.15, 0.2) is 0 Å². The number of rotatable bonds is 7. The van der Waals surface area contributed by atoms with Gasteiger partial charge in [-0.1, -0.05) is 30.3 Å². The molecule has 0 bridgehead atoms. The summed E-state index contributed by atoms with van der Waals surface area (Å²) in [4.78, 5) is 13.9. The number of nitrogens with one attached hydrogen (secondary N) is 2. The van der Waals surface area contributed by atoms with Crippen molar-refractivity contribution in [1.82, 2.24) is 15.5 Å². The largest absolute Gasteiger partial charge is 0.351 e. The predicted octanol–water partition coefficient (Wildman–Crippen LogP) is 1.20. The van der Waals surface area contributed by atoms with Gasteiger partial charge in [0.2, 0.25) is 5.91 Å². The van der Waals surface area contributed by atoms with E-state index in [1.54, 1.807) is 0 Å². The molecular weight excluding hydrogens is 250 g/mol. The van der Waals surface area contributed by atoms with Crippen molar-refractivity contribution >= 4 is 5.91 Å². The monoisotopic (exact) mass is 275 g/mol. The molecule has 1 saturated carbocycles. The number of nitrogens with zero attached hydrogens (tertiary/aromatic N) is 1. The van der Waals surface area contributed by atoms with Crippen LogP contribution in [0.4, 0.5) is 0 Å². The van der Waals surface area contributed by atoms with Crippen molar-refractivity contribution in [2.24, 2.45) is 0 Å². The highest BCUT2D eigenvalue weighted by molar-refractivity contribution is 5.78. The molecule has 0 aliphatic heterocycles. The maximum absolute atomic E-state index is 11.8. The molecule has 3 unspecified atom stereocenters. The Morgan fingerprint density at radius 1 is 1.35 bits per heavy atom. The third kappa shape index (κ3) is 4.62. The summed E-state index contributed by atoms with van der Waals surface area (Å²) < 4.78 is 0. The molecule has 0 heterocycles. The van der Waals surface area contributed by atoms with E-state index in [1.165, 1.54) is 5.56 Å². The summed E-state index contributed by atoms with van der Waals surface area (Å²) >= 11 is 0. The van der Waals surface area contributed by atoms with Gasteiger partial charge >= 0.3 is 0 Å². The minimum Gasteiger partial charge on any atom is -0.351 e. The Morgan fingerprint density at radius 2 is 2.05 bits per heavy atom. The van der Waals surface area contributed by atoms with Crippen LogP contribution in [0.5, 0.6) is 0 Å². The molecule has 1 aromatic rings. The summed E-state index contributed by atoms with van der Waals surface area (Å²) in [6.07, 6.45) is 1.13. The second-order valence-electron chi connectivity index (χ2n) is 5.97. The Kier molecular flexibility index (Phi) is 5.15. The second kappa shape index (κ2) is 6.86. The van der Waals surface area contributed by atoms with Crippen molar-refractivity contribution in [1.29, 1.82) is 0 Å². The number of amides is 1. The molecule has 3 atom stereocenters. The zero-order valence-corrected chi connectivity index (χ0v) is 12.6. The van der Waals surface area contributed by atoms with Crippen LogP contribution in [-0.4, -0.2) is 50.1 Å². The maximum Gasteiger partial charge on any atom is 0.234 e. The fourth-order valence-electron chi connectivity index (χ4n) is 2.63. The van der Waals surface area contributed by atoms with Crippen LogP contribution in [0, 0.1) is 0 Å². The van der Waals surface area contributed by atoms with E-state index in [-0.39, 0.29) is 11.9 Å².